The SMILES string of the molecule is COc1ccc(CCNC(=O)c2n[nH]c3c2C[C@H](C)O[C@@H]3C)c(OC)c1. The number of aromatic nitrogens is 2. The zero-order valence-corrected chi connectivity index (χ0v) is 15.6. The fraction of sp³-hybridized carbons (Fsp3) is 0.474. The molecule has 1 aliphatic rings. The van der Waals surface area contributed by atoms with Crippen LogP contribution in [0.25, 0.3) is 0 Å². The first-order valence-corrected chi connectivity index (χ1v) is 8.75. The number of hydrogen-bond donors (Lipinski definition) is 2. The van der Waals surface area contributed by atoms with Crippen LogP contribution in [-0.4, -0.2) is 43.0 Å². The number of methoxy groups -OCH3 is 2. The van der Waals surface area contributed by atoms with Crippen molar-refractivity contribution in [1.29, 1.82) is 0 Å². The van der Waals surface area contributed by atoms with Crippen molar-refractivity contribution in [1.82, 2.24) is 15.5 Å². The van der Waals surface area contributed by atoms with Crippen LogP contribution in [0.15, 0.2) is 18.2 Å². The van der Waals surface area contributed by atoms with Gasteiger partial charge in [-0.25, -0.2) is 0 Å². The van der Waals surface area contributed by atoms with Crippen LogP contribution in [0.4, 0.5) is 0 Å². The van der Waals surface area contributed by atoms with Crippen LogP contribution in [-0.2, 0) is 17.6 Å². The van der Waals surface area contributed by atoms with Gasteiger partial charge >= 0.3 is 0 Å². The van der Waals surface area contributed by atoms with E-state index in [4.69, 9.17) is 14.2 Å². The molecule has 0 fully saturated rings. The Morgan fingerprint density at radius 3 is 2.88 bits per heavy atom. The van der Waals surface area contributed by atoms with E-state index in [9.17, 15) is 4.79 Å². The standard InChI is InChI=1S/C19H25N3O4/c1-11-9-15-17(12(2)26-11)21-22-18(15)19(23)20-8-7-13-5-6-14(24-3)10-16(13)25-4/h5-6,10-12H,7-9H2,1-4H3,(H,20,23)(H,21,22)/t11-,12+/m0/s1. The lowest BCUT2D eigenvalue weighted by atomic mass is 9.99. The van der Waals surface area contributed by atoms with Crippen molar-refractivity contribution >= 4 is 5.91 Å². The van der Waals surface area contributed by atoms with Crippen LogP contribution in [0, 0.1) is 0 Å². The maximum atomic E-state index is 12.6. The minimum atomic E-state index is -0.170. The summed E-state index contributed by atoms with van der Waals surface area (Å²) in [4.78, 5) is 12.6. The summed E-state index contributed by atoms with van der Waals surface area (Å²) in [5, 5.41) is 10.1. The fourth-order valence-electron chi connectivity index (χ4n) is 3.31. The molecular formula is C19H25N3O4. The Labute approximate surface area is 153 Å². The van der Waals surface area contributed by atoms with Crippen LogP contribution >= 0.6 is 0 Å². The highest BCUT2D eigenvalue weighted by Crippen LogP contribution is 2.30. The van der Waals surface area contributed by atoms with Gasteiger partial charge in [-0.2, -0.15) is 5.10 Å². The first-order chi connectivity index (χ1) is 12.5. The van der Waals surface area contributed by atoms with Gasteiger partial charge in [-0.3, -0.25) is 9.89 Å². The second kappa shape index (κ2) is 7.78. The summed E-state index contributed by atoms with van der Waals surface area (Å²) in [5.41, 5.74) is 3.32. The number of hydrogen-bond acceptors (Lipinski definition) is 5. The highest BCUT2D eigenvalue weighted by Gasteiger charge is 2.29. The summed E-state index contributed by atoms with van der Waals surface area (Å²) in [5.74, 6) is 1.31. The summed E-state index contributed by atoms with van der Waals surface area (Å²) >= 11 is 0. The molecule has 0 aliphatic carbocycles. The molecule has 1 amide bonds. The van der Waals surface area contributed by atoms with Gasteiger partial charge in [0.15, 0.2) is 5.69 Å². The minimum Gasteiger partial charge on any atom is -0.497 e. The maximum absolute atomic E-state index is 12.6. The van der Waals surface area contributed by atoms with E-state index in [1.807, 2.05) is 32.0 Å². The molecule has 2 aromatic rings. The first-order valence-electron chi connectivity index (χ1n) is 8.75. The van der Waals surface area contributed by atoms with Crippen LogP contribution in [0.5, 0.6) is 11.5 Å². The number of fused-ring (bicyclic) bond motifs is 1. The molecule has 2 atom stereocenters. The van der Waals surface area contributed by atoms with E-state index in [-0.39, 0.29) is 18.1 Å². The Morgan fingerprint density at radius 2 is 2.15 bits per heavy atom. The predicted molar refractivity (Wildman–Crippen MR) is 96.8 cm³/mol. The van der Waals surface area contributed by atoms with E-state index in [1.54, 1.807) is 14.2 Å². The highest BCUT2D eigenvalue weighted by molar-refractivity contribution is 5.94. The quantitative estimate of drug-likeness (QED) is 0.827. The minimum absolute atomic E-state index is 0.0743. The summed E-state index contributed by atoms with van der Waals surface area (Å²) in [7, 11) is 3.24. The number of H-pyrrole nitrogens is 1. The topological polar surface area (TPSA) is 85.5 Å². The number of ether oxygens (including phenoxy) is 3. The summed E-state index contributed by atoms with van der Waals surface area (Å²) in [6.07, 6.45) is 1.34. The zero-order chi connectivity index (χ0) is 18.7. The molecule has 2 N–H and O–H groups in total. The Hall–Kier alpha value is -2.54. The van der Waals surface area contributed by atoms with Gasteiger partial charge in [0, 0.05) is 24.6 Å². The van der Waals surface area contributed by atoms with E-state index in [2.05, 4.69) is 15.5 Å². The Balaban J connectivity index is 1.64. The van der Waals surface area contributed by atoms with Gasteiger partial charge in [0.2, 0.25) is 0 Å². The summed E-state index contributed by atoms with van der Waals surface area (Å²) in [6.45, 7) is 4.46. The van der Waals surface area contributed by atoms with Crippen LogP contribution in [0.1, 0.15) is 47.3 Å². The van der Waals surface area contributed by atoms with E-state index >= 15 is 0 Å². The molecule has 0 unspecified atom stereocenters. The van der Waals surface area contributed by atoms with Gasteiger partial charge in [0.1, 0.15) is 11.5 Å². The second-order valence-corrected chi connectivity index (χ2v) is 6.44. The zero-order valence-electron chi connectivity index (χ0n) is 15.6. The Bertz CT molecular complexity index is 787. The number of rotatable bonds is 6. The van der Waals surface area contributed by atoms with Crippen molar-refractivity contribution in [3.05, 3.63) is 40.7 Å². The van der Waals surface area contributed by atoms with Crippen molar-refractivity contribution < 1.29 is 19.0 Å². The second-order valence-electron chi connectivity index (χ2n) is 6.44. The highest BCUT2D eigenvalue weighted by atomic mass is 16.5. The number of nitrogens with one attached hydrogen (secondary N) is 2. The normalized spacial score (nSPS) is 18.9. The van der Waals surface area contributed by atoms with Gasteiger partial charge in [-0.15, -0.1) is 0 Å². The number of nitrogens with zero attached hydrogens (tertiary/aromatic N) is 1. The number of amides is 1. The number of carbonyl (C=O) groups excluding carboxylic acids is 1. The lowest BCUT2D eigenvalue weighted by molar-refractivity contribution is -0.00697. The third-order valence-corrected chi connectivity index (χ3v) is 4.62. The lowest BCUT2D eigenvalue weighted by Crippen LogP contribution is -2.29. The molecule has 3 rings (SSSR count). The fourth-order valence-corrected chi connectivity index (χ4v) is 3.31. The van der Waals surface area contributed by atoms with Crippen molar-refractivity contribution in [3.8, 4) is 11.5 Å². The van der Waals surface area contributed by atoms with Crippen molar-refractivity contribution in [2.24, 2.45) is 0 Å². The van der Waals surface area contributed by atoms with Crippen LogP contribution < -0.4 is 14.8 Å². The van der Waals surface area contributed by atoms with Crippen molar-refractivity contribution in [3.63, 3.8) is 0 Å². The average molecular weight is 359 g/mol. The molecule has 0 saturated heterocycles. The molecule has 26 heavy (non-hydrogen) atoms. The third-order valence-electron chi connectivity index (χ3n) is 4.62. The van der Waals surface area contributed by atoms with Gasteiger partial charge < -0.3 is 19.5 Å². The first kappa shape index (κ1) is 18.3. The Morgan fingerprint density at radius 1 is 1.35 bits per heavy atom. The summed E-state index contributed by atoms with van der Waals surface area (Å²) < 4.78 is 16.4. The number of aromatic amines is 1. The molecular weight excluding hydrogens is 334 g/mol. The molecule has 1 aliphatic heterocycles. The largest absolute Gasteiger partial charge is 0.497 e. The molecule has 0 spiro atoms. The molecule has 140 valence electrons. The Kier molecular flexibility index (Phi) is 5.46. The molecule has 0 radical (unpaired) electrons. The summed E-state index contributed by atoms with van der Waals surface area (Å²) in [6, 6.07) is 5.66. The molecule has 0 bridgehead atoms. The molecule has 1 aromatic carbocycles. The molecule has 2 heterocycles. The molecule has 0 saturated carbocycles. The molecule has 7 heteroatoms. The predicted octanol–water partition coefficient (Wildman–Crippen LogP) is 2.42. The maximum Gasteiger partial charge on any atom is 0.272 e. The van der Waals surface area contributed by atoms with E-state index in [0.717, 1.165) is 28.3 Å². The van der Waals surface area contributed by atoms with E-state index in [0.29, 0.717) is 25.1 Å². The monoisotopic (exact) mass is 359 g/mol. The smallest absolute Gasteiger partial charge is 0.272 e. The van der Waals surface area contributed by atoms with Gasteiger partial charge in [-0.1, -0.05) is 6.07 Å². The molecule has 7 nitrogen and oxygen atoms in total. The van der Waals surface area contributed by atoms with Gasteiger partial charge in [0.25, 0.3) is 5.91 Å². The lowest BCUT2D eigenvalue weighted by Gasteiger charge is -2.25. The van der Waals surface area contributed by atoms with Crippen LogP contribution in [0.3, 0.4) is 0 Å². The molecule has 1 aromatic heterocycles. The number of benzene rings is 1. The van der Waals surface area contributed by atoms with Crippen molar-refractivity contribution in [2.75, 3.05) is 20.8 Å². The van der Waals surface area contributed by atoms with E-state index < -0.39 is 0 Å². The van der Waals surface area contributed by atoms with Gasteiger partial charge in [-0.05, 0) is 31.9 Å². The van der Waals surface area contributed by atoms with Crippen LogP contribution in [0.2, 0.25) is 0 Å². The average Bonchev–Trinajstić information content (AvgIpc) is 3.06. The number of carbonyl (C=O) groups is 1. The van der Waals surface area contributed by atoms with Crippen molar-refractivity contribution in [2.45, 2.75) is 38.9 Å². The third kappa shape index (κ3) is 3.67. The van der Waals surface area contributed by atoms with Gasteiger partial charge in [0.05, 0.1) is 32.1 Å². The van der Waals surface area contributed by atoms with E-state index in [1.165, 1.54) is 0 Å².